The Bertz CT molecular complexity index is 1500. The molecular formula is C19H21NNa2O9S3. The van der Waals surface area contributed by atoms with Crippen molar-refractivity contribution in [2.24, 2.45) is 0 Å². The van der Waals surface area contributed by atoms with Crippen LogP contribution in [0.5, 0.6) is 0 Å². The molecule has 10 nitrogen and oxygen atoms in total. The summed E-state index contributed by atoms with van der Waals surface area (Å²) in [6.45, 7) is 6.80. The first-order chi connectivity index (χ1) is 14.4. The molecule has 0 saturated carbocycles. The quantitative estimate of drug-likeness (QED) is 0.195. The summed E-state index contributed by atoms with van der Waals surface area (Å²) in [5.41, 5.74) is 0.965. The molecule has 2 aromatic rings. The second-order valence-electron chi connectivity index (χ2n) is 8.34. The van der Waals surface area contributed by atoms with Crippen LogP contribution in [0.15, 0.2) is 34.1 Å². The van der Waals surface area contributed by atoms with E-state index in [4.69, 9.17) is 0 Å². The number of hydrogen-bond acceptors (Lipinski definition) is 9. The Balaban J connectivity index is 0.00000289. The van der Waals surface area contributed by atoms with Crippen molar-refractivity contribution >= 4 is 52.5 Å². The van der Waals surface area contributed by atoms with E-state index in [0.29, 0.717) is 17.3 Å². The summed E-state index contributed by atoms with van der Waals surface area (Å²) in [4.78, 5) is -1.66. The second-order valence-corrected chi connectivity index (χ2v) is 12.9. The zero-order chi connectivity index (χ0) is 24.4. The minimum Gasteiger partial charge on any atom is -0.748 e. The number of fused-ring (bicyclic) bond motifs is 3. The molecule has 1 unspecified atom stereocenters. The summed E-state index contributed by atoms with van der Waals surface area (Å²) in [6, 6.07) is 4.51. The molecule has 0 aromatic heterocycles. The van der Waals surface area contributed by atoms with E-state index in [0.717, 1.165) is 11.8 Å². The standard InChI is InChI=1S/C19H23NO9S3.2Na/c1-11(30(21,22)23)7-8-20-12(2)19(3,4)18-15-9-13(31(24,25)26)10-17(32(27,28)29)14(15)5-6-16(18)20;;/h5-6,9-11H,7-8H2,1-4H3,(H2-,21,22,23,24,25,26,27,28,29);;/q;2*+1/p-2. The number of benzene rings is 2. The van der Waals surface area contributed by atoms with E-state index >= 15 is 0 Å². The van der Waals surface area contributed by atoms with Gasteiger partial charge in [-0.3, -0.25) is 0 Å². The summed E-state index contributed by atoms with van der Waals surface area (Å²) in [5, 5.41) is -1.05. The smallest absolute Gasteiger partial charge is 0.748 e. The van der Waals surface area contributed by atoms with Crippen LogP contribution in [0.1, 0.15) is 39.7 Å². The minimum atomic E-state index is -5.11. The number of hydrogen-bond donors (Lipinski definition) is 0. The average molecular weight is 550 g/mol. The van der Waals surface area contributed by atoms with Gasteiger partial charge in [0.05, 0.1) is 30.6 Å². The fourth-order valence-electron chi connectivity index (χ4n) is 4.04. The Labute approximate surface area is 243 Å². The van der Waals surface area contributed by atoms with Crippen LogP contribution >= 0.6 is 0 Å². The van der Waals surface area contributed by atoms with Crippen molar-refractivity contribution in [1.29, 1.82) is 0 Å². The molecule has 1 atom stereocenters. The molecule has 34 heavy (non-hydrogen) atoms. The predicted molar refractivity (Wildman–Crippen MR) is 112 cm³/mol. The van der Waals surface area contributed by atoms with Gasteiger partial charge in [0.1, 0.15) is 26.8 Å². The zero-order valence-electron chi connectivity index (χ0n) is 19.6. The third kappa shape index (κ3) is 5.97. The normalized spacial score (nSPS) is 16.6. The Hall–Kier alpha value is 0.100. The van der Waals surface area contributed by atoms with Crippen LogP contribution in [-0.2, 0) is 35.8 Å². The van der Waals surface area contributed by atoms with E-state index in [9.17, 15) is 38.9 Å². The van der Waals surface area contributed by atoms with Crippen molar-refractivity contribution in [3.05, 3.63) is 29.8 Å². The maximum absolute atomic E-state index is 11.8. The first kappa shape index (κ1) is 32.1. The third-order valence-corrected chi connectivity index (χ3v) is 8.99. The van der Waals surface area contributed by atoms with Crippen molar-refractivity contribution in [2.75, 3.05) is 6.54 Å². The predicted octanol–water partition coefficient (Wildman–Crippen LogP) is -4.62. The first-order valence-corrected chi connectivity index (χ1v) is 13.7. The SMILES string of the molecule is CC1=[N+](CCC(C)S(=O)(=O)[O-])c2ccc3c(S(=O)(=O)[O-])cc(S(=O)(=O)[O-])cc3c2C1(C)C.[Na+].[Na+]. The Morgan fingerprint density at radius 2 is 1.47 bits per heavy atom. The van der Waals surface area contributed by atoms with Gasteiger partial charge in [0.15, 0.2) is 5.71 Å². The molecule has 2 aromatic carbocycles. The van der Waals surface area contributed by atoms with Crippen LogP contribution in [0.25, 0.3) is 10.8 Å². The Morgan fingerprint density at radius 1 is 0.912 bits per heavy atom. The number of rotatable bonds is 6. The maximum atomic E-state index is 11.8. The number of nitrogens with zero attached hydrogens (tertiary/aromatic N) is 1. The van der Waals surface area contributed by atoms with Gasteiger partial charge >= 0.3 is 59.1 Å². The molecule has 0 bridgehead atoms. The minimum absolute atomic E-state index is 0. The van der Waals surface area contributed by atoms with E-state index < -0.39 is 50.8 Å². The van der Waals surface area contributed by atoms with Crippen molar-refractivity contribution in [1.82, 2.24) is 0 Å². The molecule has 0 fully saturated rings. The molecule has 0 saturated heterocycles. The first-order valence-electron chi connectivity index (χ1n) is 9.46. The van der Waals surface area contributed by atoms with Crippen LogP contribution in [0, 0.1) is 0 Å². The molecule has 0 amide bonds. The molecule has 1 aliphatic rings. The molecule has 0 aliphatic carbocycles. The third-order valence-electron chi connectivity index (χ3n) is 6.08. The van der Waals surface area contributed by atoms with Crippen LogP contribution < -0.4 is 59.1 Å². The van der Waals surface area contributed by atoms with E-state index in [-0.39, 0.29) is 82.9 Å². The van der Waals surface area contributed by atoms with Gasteiger partial charge in [-0.05, 0) is 44.4 Å². The molecule has 1 aliphatic heterocycles. The van der Waals surface area contributed by atoms with Gasteiger partial charge in [0, 0.05) is 30.4 Å². The van der Waals surface area contributed by atoms with Crippen molar-refractivity contribution in [2.45, 2.75) is 54.6 Å². The summed E-state index contributed by atoms with van der Waals surface area (Å²) >= 11 is 0. The monoisotopic (exact) mass is 549 g/mol. The van der Waals surface area contributed by atoms with Gasteiger partial charge in [-0.2, -0.15) is 4.58 Å². The molecule has 0 radical (unpaired) electrons. The van der Waals surface area contributed by atoms with Crippen LogP contribution in [-0.4, -0.2) is 61.0 Å². The molecule has 0 spiro atoms. The summed E-state index contributed by atoms with van der Waals surface area (Å²) < 4.78 is 106. The van der Waals surface area contributed by atoms with Crippen molar-refractivity contribution < 1.29 is 103 Å². The fraction of sp³-hybridized carbons (Fsp3) is 0.421. The van der Waals surface area contributed by atoms with Crippen molar-refractivity contribution in [3.63, 3.8) is 0 Å². The molecular weight excluding hydrogens is 528 g/mol. The molecule has 3 rings (SSSR count). The van der Waals surface area contributed by atoms with Gasteiger partial charge in [-0.15, -0.1) is 0 Å². The molecule has 0 N–H and O–H groups in total. The van der Waals surface area contributed by atoms with E-state index in [2.05, 4.69) is 0 Å². The van der Waals surface area contributed by atoms with E-state index in [1.807, 2.05) is 0 Å². The molecule has 15 heteroatoms. The van der Waals surface area contributed by atoms with Crippen molar-refractivity contribution in [3.8, 4) is 0 Å². The fourth-order valence-corrected chi connectivity index (χ4v) is 5.75. The second kappa shape index (κ2) is 10.5. The van der Waals surface area contributed by atoms with Crippen LogP contribution in [0.2, 0.25) is 0 Å². The average Bonchev–Trinajstić information content (AvgIpc) is 2.82. The van der Waals surface area contributed by atoms with E-state index in [1.165, 1.54) is 13.0 Å². The Kier molecular flexibility index (Phi) is 9.89. The largest absolute Gasteiger partial charge is 1.00 e. The van der Waals surface area contributed by atoms with Crippen LogP contribution in [0.4, 0.5) is 5.69 Å². The van der Waals surface area contributed by atoms with Gasteiger partial charge in [-0.1, -0.05) is 0 Å². The summed E-state index contributed by atoms with van der Waals surface area (Å²) in [7, 11) is -14.7. The molecule has 1 heterocycles. The molecule has 176 valence electrons. The summed E-state index contributed by atoms with van der Waals surface area (Å²) in [5.74, 6) is 0. The van der Waals surface area contributed by atoms with Gasteiger partial charge in [0.2, 0.25) is 5.69 Å². The van der Waals surface area contributed by atoms with Gasteiger partial charge in [0.25, 0.3) is 0 Å². The summed E-state index contributed by atoms with van der Waals surface area (Å²) in [6.07, 6.45) is 0.0197. The zero-order valence-corrected chi connectivity index (χ0v) is 26.1. The Morgan fingerprint density at radius 3 is 1.94 bits per heavy atom. The topological polar surface area (TPSA) is 175 Å². The van der Waals surface area contributed by atoms with Gasteiger partial charge in [-0.25, -0.2) is 25.3 Å². The maximum Gasteiger partial charge on any atom is 1.00 e. The van der Waals surface area contributed by atoms with Gasteiger partial charge < -0.3 is 13.7 Å². The van der Waals surface area contributed by atoms with E-state index in [1.54, 1.807) is 31.4 Å². The van der Waals surface area contributed by atoms with Crippen LogP contribution in [0.3, 0.4) is 0 Å².